The van der Waals surface area contributed by atoms with Crippen LogP contribution in [0.5, 0.6) is 17.2 Å². The summed E-state index contributed by atoms with van der Waals surface area (Å²) in [5, 5.41) is 144. The zero-order valence-corrected chi connectivity index (χ0v) is 80.1. The monoisotopic (exact) mass is 1670 g/mol. The van der Waals surface area contributed by atoms with Crippen LogP contribution in [0.15, 0.2) is 91.0 Å². The Morgan fingerprint density at radius 1 is 0.287 bits per heavy atom. The van der Waals surface area contributed by atoms with Gasteiger partial charge in [0.15, 0.2) is 0 Å². The van der Waals surface area contributed by atoms with E-state index in [0.717, 1.165) is 72.7 Å². The van der Waals surface area contributed by atoms with Crippen LogP contribution in [-0.4, -0.2) is 190 Å². The molecule has 0 spiro atoms. The molecule has 0 bridgehead atoms. The third-order valence-electron chi connectivity index (χ3n) is 4.90. The summed E-state index contributed by atoms with van der Waals surface area (Å²) < 4.78 is 0. The second kappa shape index (κ2) is 212. The van der Waals surface area contributed by atoms with Gasteiger partial charge in [-0.3, -0.25) is 0 Å². The number of phenolic OH excluding ortho intramolecular Hbond substituents is 3. The van der Waals surface area contributed by atoms with Gasteiger partial charge in [-0.2, -0.15) is 40.5 Å². The normalized spacial score (nSPS) is 7.54. The van der Waals surface area contributed by atoms with Crippen molar-refractivity contribution in [1.29, 1.82) is 0 Å². The topological polar surface area (TPSA) is 364 Å². The Morgan fingerprint density at radius 2 is 0.366 bits per heavy atom. The average Bonchev–Trinajstić information content (AvgIpc) is 2.17. The first-order valence-corrected chi connectivity index (χ1v) is 32.9. The number of hydrogen-bond donors (Lipinski definition) is 18. The molecule has 3 rings (SSSR count). The van der Waals surface area contributed by atoms with Crippen molar-refractivity contribution < 1.29 is 222 Å². The van der Waals surface area contributed by atoms with Crippen LogP contribution in [0.3, 0.4) is 0 Å². The smallest absolute Gasteiger partial charge is 0.115 e. The maximum atomic E-state index is 8.63. The van der Waals surface area contributed by atoms with Gasteiger partial charge in [-0.15, -0.1) is 0 Å². The van der Waals surface area contributed by atoms with Crippen LogP contribution in [0.2, 0.25) is 0 Å². The summed E-state index contributed by atoms with van der Waals surface area (Å²) in [6, 6.07) is 26.1. The van der Waals surface area contributed by atoms with Gasteiger partial charge in [0.2, 0.25) is 0 Å². The van der Waals surface area contributed by atoms with Gasteiger partial charge >= 0.3 is 0 Å². The molecule has 18 nitrogen and oxygen atoms in total. The summed E-state index contributed by atoms with van der Waals surface area (Å²) in [5.41, 5.74) is -1.50. The Morgan fingerprint density at radius 3 is 0.386 bits per heavy atom. The molecule has 0 fully saturated rings. The van der Waals surface area contributed by atoms with Gasteiger partial charge in [-0.25, -0.2) is 0 Å². The SMILES string of the molecule is CC(C)(C)O.CC(C)(C)O.CC(C)(C)O.CC(C)CO.CC(C)CO.CC(C)CO.CCCCO.CCCCO.CCCCO.CCO.CCO.CCO.CO.CO.CO.Oc1ccccc1.Oc1ccccc1.Oc1ccccc1.[CH2-]C.[CH2-]C.[CH2-]C.[CH2-]C.[CH2-]CC.[CH2-]CC.[Ti].[Ti].[Ti].[Ti].[Ti].[Ti]. The van der Waals surface area contributed by atoms with Crippen molar-refractivity contribution >= 4 is 0 Å². The van der Waals surface area contributed by atoms with E-state index >= 15 is 0 Å². The number of para-hydroxylation sites is 3. The molecule has 0 saturated heterocycles. The fourth-order valence-corrected chi connectivity index (χ4v) is 1.76. The summed E-state index contributed by atoms with van der Waals surface area (Å²) in [6.07, 6.45) is 8.11. The molecule has 24 heteroatoms. The number of hydrogen-bond acceptors (Lipinski definition) is 18. The van der Waals surface area contributed by atoms with Gasteiger partial charge in [0.1, 0.15) is 17.2 Å². The maximum absolute atomic E-state index is 8.63. The number of aliphatic hydroxyl groups excluding tert-OH is 12. The van der Waals surface area contributed by atoms with E-state index in [9.17, 15) is 0 Å². The Kier molecular flexibility index (Phi) is 388. The number of benzene rings is 3. The average molecular weight is 1670 g/mol. The molecule has 3 aromatic rings. The Labute approximate surface area is 719 Å². The predicted octanol–water partition coefficient (Wildman–Crippen LogP) is 15.4. The van der Waals surface area contributed by atoms with Gasteiger partial charge in [-0.1, -0.05) is 150 Å². The van der Waals surface area contributed by atoms with Gasteiger partial charge in [-0.05, 0) is 156 Å². The molecule has 3 aromatic carbocycles. The van der Waals surface area contributed by atoms with Crippen molar-refractivity contribution in [2.24, 2.45) is 17.8 Å². The van der Waals surface area contributed by atoms with Gasteiger partial charge in [0.05, 0.1) is 16.8 Å². The van der Waals surface area contributed by atoms with Gasteiger partial charge in [0.25, 0.3) is 0 Å². The fraction of sp³-hybridized carbons (Fsp3) is 0.688. The van der Waals surface area contributed by atoms with E-state index in [2.05, 4.69) is 62.3 Å². The largest absolute Gasteiger partial charge is 0.508 e. The zero-order valence-electron chi connectivity index (χ0n) is 70.7. The molecule has 0 atom stereocenters. The van der Waals surface area contributed by atoms with E-state index < -0.39 is 16.8 Å². The second-order valence-electron chi connectivity index (χ2n) is 20.4. The van der Waals surface area contributed by atoms with E-state index in [-0.39, 0.29) is 150 Å². The molecule has 0 aliphatic rings. The molecule has 0 aromatic heterocycles. The Bertz CT molecular complexity index is 1130. The number of rotatable bonds is 9. The van der Waals surface area contributed by atoms with Crippen LogP contribution in [0.25, 0.3) is 0 Å². The van der Waals surface area contributed by atoms with E-state index in [1.54, 1.807) is 184 Å². The quantitative estimate of drug-likeness (QED) is 0.0699. The molecular formula is C77H172O18Ti6-6. The van der Waals surface area contributed by atoms with Crippen LogP contribution in [-0.2, 0) is 130 Å². The summed E-state index contributed by atoms with van der Waals surface area (Å²) >= 11 is 0. The molecule has 0 saturated carbocycles. The molecule has 0 heterocycles. The third kappa shape index (κ3) is 728. The number of unbranched alkanes of at least 4 members (excludes halogenated alkanes) is 3. The summed E-state index contributed by atoms with van der Waals surface area (Å²) in [7, 11) is 3.00. The molecular weight excluding hydrogens is 1500 g/mol. The zero-order chi connectivity index (χ0) is 81.6. The number of aromatic hydroxyl groups is 3. The van der Waals surface area contributed by atoms with E-state index in [4.69, 9.17) is 91.9 Å². The van der Waals surface area contributed by atoms with Gasteiger partial charge in [0, 0.05) is 211 Å². The van der Waals surface area contributed by atoms with Crippen molar-refractivity contribution in [3.63, 3.8) is 0 Å². The third-order valence-corrected chi connectivity index (χ3v) is 4.90. The Hall–Kier alpha value is 0.746. The van der Waals surface area contributed by atoms with E-state index in [1.807, 2.05) is 73.6 Å². The minimum absolute atomic E-state index is 0. The first-order chi connectivity index (χ1) is 44.3. The molecule has 0 radical (unpaired) electrons. The van der Waals surface area contributed by atoms with E-state index in [1.165, 1.54) is 0 Å². The van der Waals surface area contributed by atoms with Crippen LogP contribution >= 0.6 is 0 Å². The fourth-order valence-electron chi connectivity index (χ4n) is 1.76. The van der Waals surface area contributed by atoms with Crippen LogP contribution in [0, 0.1) is 59.3 Å². The van der Waals surface area contributed by atoms with Crippen molar-refractivity contribution in [2.45, 2.75) is 255 Å². The first-order valence-electron chi connectivity index (χ1n) is 32.9. The van der Waals surface area contributed by atoms with Gasteiger partial charge < -0.3 is 133 Å². The Balaban J connectivity index is -0.0000000228. The minimum Gasteiger partial charge on any atom is -0.508 e. The molecule has 101 heavy (non-hydrogen) atoms. The molecule has 0 aliphatic carbocycles. The second-order valence-corrected chi connectivity index (χ2v) is 20.4. The van der Waals surface area contributed by atoms with E-state index in [0.29, 0.717) is 74.6 Å². The molecule has 18 N–H and O–H groups in total. The molecule has 0 amide bonds. The van der Waals surface area contributed by atoms with Crippen LogP contribution in [0.4, 0.5) is 0 Å². The van der Waals surface area contributed by atoms with Crippen LogP contribution < -0.4 is 0 Å². The van der Waals surface area contributed by atoms with Crippen molar-refractivity contribution in [3.05, 3.63) is 133 Å². The number of phenols is 3. The van der Waals surface area contributed by atoms with Crippen molar-refractivity contribution in [2.75, 3.05) is 80.8 Å². The van der Waals surface area contributed by atoms with Crippen molar-refractivity contribution in [3.8, 4) is 17.2 Å². The molecule has 0 aliphatic heterocycles. The maximum Gasteiger partial charge on any atom is 0.115 e. The molecule has 0 unspecified atom stereocenters. The van der Waals surface area contributed by atoms with Crippen molar-refractivity contribution in [1.82, 2.24) is 0 Å². The summed E-state index contributed by atoms with van der Waals surface area (Å²) in [6.45, 7) is 72.4. The summed E-state index contributed by atoms with van der Waals surface area (Å²) in [5.74, 6) is 2.28. The standard InChI is InChI=1S/3C6H6O.9C4H10O.2C3H7.3C2H6O.4C2H5.3CH4O.6Ti/c3*7-6-4-2-1-3-5-6;3*1-4(2,3)5;3*1-4(2)3-5;3*1-2-3-4-5;2*1-3-2;3*1-2-3;7*1-2;;;;;;/h3*1-5,7H;3*5H,1-3H3;3*4-5H,3H2,1-2H3;3*5H,2-4H2,1H3;2*1,3H2,2H3;3*3H,2H2,1H3;4*1H2,2H3;3*2H,1H3;;;;;;/q;;;;;;;;;;;;2*-1;;;;4*-1;;;;;;;;;. The predicted molar refractivity (Wildman–Crippen MR) is 420 cm³/mol. The summed E-state index contributed by atoms with van der Waals surface area (Å²) in [4.78, 5) is 0. The first kappa shape index (κ1) is 185. The molecule has 618 valence electrons. The minimum atomic E-state index is -0.500. The van der Waals surface area contributed by atoms with Crippen LogP contribution in [0.1, 0.15) is 238 Å². The number of aliphatic hydroxyl groups is 15.